The minimum atomic E-state index is 0.203. The van der Waals surface area contributed by atoms with Crippen molar-refractivity contribution in [1.29, 1.82) is 0 Å². The number of rotatable bonds is 4. The molecule has 1 amide bonds. The lowest BCUT2D eigenvalue weighted by atomic mass is 9.81. The molecule has 18 heavy (non-hydrogen) atoms. The van der Waals surface area contributed by atoms with E-state index in [2.05, 4.69) is 24.4 Å². The Bertz CT molecular complexity index is 394. The van der Waals surface area contributed by atoms with Gasteiger partial charge in [-0.05, 0) is 57.2 Å². The third-order valence-electron chi connectivity index (χ3n) is 3.78. The number of hydrogen-bond donors (Lipinski definition) is 2. The number of carbonyl (C=O) groups excluding carboxylic acids is 1. The van der Waals surface area contributed by atoms with Crippen LogP contribution in [0.2, 0.25) is 0 Å². The van der Waals surface area contributed by atoms with E-state index in [4.69, 9.17) is 5.73 Å². The van der Waals surface area contributed by atoms with E-state index in [0.717, 1.165) is 32.2 Å². The van der Waals surface area contributed by atoms with Crippen molar-refractivity contribution in [1.82, 2.24) is 5.32 Å². The summed E-state index contributed by atoms with van der Waals surface area (Å²) in [4.78, 5) is 14.6. The summed E-state index contributed by atoms with van der Waals surface area (Å²) in [5.74, 6) is 1.05. The fourth-order valence-corrected chi connectivity index (χ4v) is 3.39. The molecule has 0 atom stereocenters. The Morgan fingerprint density at radius 2 is 2.11 bits per heavy atom. The van der Waals surface area contributed by atoms with Gasteiger partial charge in [0.25, 0.3) is 0 Å². The average Bonchev–Trinajstić information content (AvgIpc) is 2.82. The van der Waals surface area contributed by atoms with Crippen molar-refractivity contribution in [3.8, 4) is 0 Å². The van der Waals surface area contributed by atoms with Gasteiger partial charge in [0.2, 0.25) is 5.91 Å². The van der Waals surface area contributed by atoms with Crippen molar-refractivity contribution in [3.05, 3.63) is 21.9 Å². The summed E-state index contributed by atoms with van der Waals surface area (Å²) in [7, 11) is 0. The zero-order valence-electron chi connectivity index (χ0n) is 10.9. The van der Waals surface area contributed by atoms with Gasteiger partial charge in [0.05, 0.1) is 6.54 Å². The van der Waals surface area contributed by atoms with Gasteiger partial charge in [0.1, 0.15) is 0 Å². The van der Waals surface area contributed by atoms with E-state index in [1.807, 2.05) is 0 Å². The molecule has 0 spiro atoms. The minimum absolute atomic E-state index is 0.203. The SMILES string of the molecule is Cc1ccc(CNC(=O)C2CCC(CN)CC2)s1. The lowest BCUT2D eigenvalue weighted by Gasteiger charge is -2.26. The van der Waals surface area contributed by atoms with Gasteiger partial charge < -0.3 is 11.1 Å². The molecular weight excluding hydrogens is 244 g/mol. The van der Waals surface area contributed by atoms with E-state index < -0.39 is 0 Å². The minimum Gasteiger partial charge on any atom is -0.351 e. The van der Waals surface area contributed by atoms with E-state index in [1.54, 1.807) is 11.3 Å². The standard InChI is InChI=1S/C14H22N2OS/c1-10-2-7-13(18-10)9-16-14(17)12-5-3-11(8-15)4-6-12/h2,7,11-12H,3-6,8-9,15H2,1H3,(H,16,17). The predicted octanol–water partition coefficient (Wildman–Crippen LogP) is 2.44. The molecule has 0 unspecified atom stereocenters. The summed E-state index contributed by atoms with van der Waals surface area (Å²) in [6.07, 6.45) is 4.20. The largest absolute Gasteiger partial charge is 0.351 e. The molecule has 0 aromatic carbocycles. The number of aryl methyl sites for hydroxylation is 1. The van der Waals surface area contributed by atoms with Crippen LogP contribution in [-0.2, 0) is 11.3 Å². The van der Waals surface area contributed by atoms with E-state index in [9.17, 15) is 4.79 Å². The maximum atomic E-state index is 12.0. The van der Waals surface area contributed by atoms with E-state index in [-0.39, 0.29) is 11.8 Å². The molecule has 1 aromatic heterocycles. The van der Waals surface area contributed by atoms with E-state index >= 15 is 0 Å². The van der Waals surface area contributed by atoms with Gasteiger partial charge >= 0.3 is 0 Å². The molecule has 0 saturated heterocycles. The highest BCUT2D eigenvalue weighted by Crippen LogP contribution is 2.28. The maximum absolute atomic E-state index is 12.0. The predicted molar refractivity (Wildman–Crippen MR) is 75.4 cm³/mol. The second-order valence-electron chi connectivity index (χ2n) is 5.18. The topological polar surface area (TPSA) is 55.1 Å². The maximum Gasteiger partial charge on any atom is 0.223 e. The Morgan fingerprint density at radius 1 is 1.39 bits per heavy atom. The Kier molecular flexibility index (Phi) is 4.78. The van der Waals surface area contributed by atoms with Crippen LogP contribution in [-0.4, -0.2) is 12.5 Å². The molecule has 1 aliphatic rings. The average molecular weight is 266 g/mol. The second-order valence-corrected chi connectivity index (χ2v) is 6.56. The highest BCUT2D eigenvalue weighted by Gasteiger charge is 2.25. The Morgan fingerprint density at radius 3 is 2.67 bits per heavy atom. The summed E-state index contributed by atoms with van der Waals surface area (Å²) in [5, 5.41) is 3.06. The van der Waals surface area contributed by atoms with Gasteiger partial charge in [0.15, 0.2) is 0 Å². The van der Waals surface area contributed by atoms with Crippen molar-refractivity contribution in [2.75, 3.05) is 6.54 Å². The smallest absolute Gasteiger partial charge is 0.223 e. The molecule has 2 rings (SSSR count). The molecular formula is C14H22N2OS. The molecule has 3 nitrogen and oxygen atoms in total. The molecule has 4 heteroatoms. The lowest BCUT2D eigenvalue weighted by molar-refractivity contribution is -0.126. The highest BCUT2D eigenvalue weighted by atomic mass is 32.1. The lowest BCUT2D eigenvalue weighted by Crippen LogP contribution is -2.33. The third-order valence-corrected chi connectivity index (χ3v) is 4.78. The first-order valence-electron chi connectivity index (χ1n) is 6.72. The summed E-state index contributed by atoms with van der Waals surface area (Å²) in [6, 6.07) is 4.18. The number of nitrogens with two attached hydrogens (primary N) is 1. The highest BCUT2D eigenvalue weighted by molar-refractivity contribution is 7.11. The Labute approximate surface area is 113 Å². The molecule has 1 heterocycles. The van der Waals surface area contributed by atoms with Crippen molar-refractivity contribution in [2.45, 2.75) is 39.2 Å². The third kappa shape index (κ3) is 3.56. The van der Waals surface area contributed by atoms with Gasteiger partial charge in [-0.25, -0.2) is 0 Å². The Hall–Kier alpha value is -0.870. The first-order chi connectivity index (χ1) is 8.69. The van der Waals surface area contributed by atoms with Gasteiger partial charge in [-0.15, -0.1) is 11.3 Å². The molecule has 0 radical (unpaired) electrons. The van der Waals surface area contributed by atoms with Crippen LogP contribution < -0.4 is 11.1 Å². The van der Waals surface area contributed by atoms with Crippen molar-refractivity contribution >= 4 is 17.2 Å². The summed E-state index contributed by atoms with van der Waals surface area (Å²) in [6.45, 7) is 3.53. The zero-order chi connectivity index (χ0) is 13.0. The van der Waals surface area contributed by atoms with Gasteiger partial charge in [0, 0.05) is 15.7 Å². The number of carbonyl (C=O) groups is 1. The van der Waals surface area contributed by atoms with Crippen molar-refractivity contribution in [3.63, 3.8) is 0 Å². The molecule has 0 bridgehead atoms. The van der Waals surface area contributed by atoms with Crippen LogP contribution in [0.1, 0.15) is 35.4 Å². The van der Waals surface area contributed by atoms with Crippen molar-refractivity contribution < 1.29 is 4.79 Å². The summed E-state index contributed by atoms with van der Waals surface area (Å²) >= 11 is 1.75. The monoisotopic (exact) mass is 266 g/mol. The van der Waals surface area contributed by atoms with Gasteiger partial charge in [-0.1, -0.05) is 0 Å². The van der Waals surface area contributed by atoms with Crippen LogP contribution >= 0.6 is 11.3 Å². The molecule has 1 saturated carbocycles. The number of nitrogens with one attached hydrogen (secondary N) is 1. The van der Waals surface area contributed by atoms with Crippen LogP contribution in [0.25, 0.3) is 0 Å². The van der Waals surface area contributed by atoms with Gasteiger partial charge in [-0.3, -0.25) is 4.79 Å². The quantitative estimate of drug-likeness (QED) is 0.879. The normalized spacial score (nSPS) is 23.9. The molecule has 3 N–H and O–H groups in total. The van der Waals surface area contributed by atoms with Crippen LogP contribution in [0.3, 0.4) is 0 Å². The van der Waals surface area contributed by atoms with Gasteiger partial charge in [-0.2, -0.15) is 0 Å². The first-order valence-corrected chi connectivity index (χ1v) is 7.53. The zero-order valence-corrected chi connectivity index (χ0v) is 11.8. The van der Waals surface area contributed by atoms with E-state index in [0.29, 0.717) is 12.5 Å². The Balaban J connectivity index is 1.75. The van der Waals surface area contributed by atoms with E-state index in [1.165, 1.54) is 9.75 Å². The van der Waals surface area contributed by atoms with Crippen LogP contribution in [0.4, 0.5) is 0 Å². The fraction of sp³-hybridized carbons (Fsp3) is 0.643. The van der Waals surface area contributed by atoms with Crippen LogP contribution in [0, 0.1) is 18.8 Å². The number of thiophene rings is 1. The molecule has 1 aliphatic carbocycles. The molecule has 0 aliphatic heterocycles. The van der Waals surface area contributed by atoms with Crippen LogP contribution in [0.5, 0.6) is 0 Å². The number of amides is 1. The van der Waals surface area contributed by atoms with Crippen molar-refractivity contribution in [2.24, 2.45) is 17.6 Å². The number of hydrogen-bond acceptors (Lipinski definition) is 3. The first kappa shape index (κ1) is 13.6. The molecule has 100 valence electrons. The fourth-order valence-electron chi connectivity index (χ4n) is 2.56. The molecule has 1 aromatic rings. The summed E-state index contributed by atoms with van der Waals surface area (Å²) < 4.78 is 0. The second kappa shape index (κ2) is 6.34. The molecule has 1 fully saturated rings. The van der Waals surface area contributed by atoms with Crippen LogP contribution in [0.15, 0.2) is 12.1 Å². The summed E-state index contributed by atoms with van der Waals surface area (Å²) in [5.41, 5.74) is 5.66.